The molecule has 37 heavy (non-hydrogen) atoms. The number of amides is 6. The molecule has 1 rings (SSSR count). The van der Waals surface area contributed by atoms with Crippen LogP contribution in [0.4, 0.5) is 0 Å². The summed E-state index contributed by atoms with van der Waals surface area (Å²) in [6.45, 7) is 4.14. The van der Waals surface area contributed by atoms with Gasteiger partial charge in [0.25, 0.3) is 0 Å². The third-order valence-corrected chi connectivity index (χ3v) is 5.75. The molecule has 14 nitrogen and oxygen atoms in total. The first-order valence-electron chi connectivity index (χ1n) is 11.3. The number of nitrogens with two attached hydrogens (primary N) is 1. The Labute approximate surface area is 225 Å². The summed E-state index contributed by atoms with van der Waals surface area (Å²) in [6, 6.07) is -4.12. The van der Waals surface area contributed by atoms with E-state index in [4.69, 9.17) is 5.73 Å². The number of hydrogen-bond donors (Lipinski definition) is 9. The molecule has 0 aliphatic heterocycles. The number of rotatable bonds is 15. The van der Waals surface area contributed by atoms with E-state index < -0.39 is 66.2 Å². The molecular weight excluding hydrogens is 524 g/mol. The second-order valence-electron chi connectivity index (χ2n) is 8.43. The summed E-state index contributed by atoms with van der Waals surface area (Å²) >= 11 is 8.03. The highest BCUT2D eigenvalue weighted by atomic mass is 32.1. The van der Waals surface area contributed by atoms with E-state index in [0.29, 0.717) is 5.69 Å². The summed E-state index contributed by atoms with van der Waals surface area (Å²) in [6.07, 6.45) is 2.88. The van der Waals surface area contributed by atoms with E-state index in [1.807, 2.05) is 0 Å². The molecule has 1 aromatic heterocycles. The average Bonchev–Trinajstić information content (AvgIpc) is 3.34. The number of aromatic nitrogens is 2. The topological polar surface area (TPSA) is 217 Å². The summed E-state index contributed by atoms with van der Waals surface area (Å²) in [5.74, 6) is -4.22. The molecule has 0 aliphatic rings. The van der Waals surface area contributed by atoms with Crippen LogP contribution in [0.5, 0.6) is 0 Å². The number of aromatic amines is 1. The minimum atomic E-state index is -1.12. The van der Waals surface area contributed by atoms with Gasteiger partial charge in [0.15, 0.2) is 0 Å². The number of hydrogen-bond acceptors (Lipinski definition) is 9. The molecule has 1 heterocycles. The molecule has 8 N–H and O–H groups in total. The quantitative estimate of drug-likeness (QED) is 0.102. The molecular formula is C21H34N8O6S2. The van der Waals surface area contributed by atoms with E-state index in [2.05, 4.69) is 61.8 Å². The predicted octanol–water partition coefficient (Wildman–Crippen LogP) is -2.97. The van der Waals surface area contributed by atoms with Gasteiger partial charge in [-0.15, -0.1) is 0 Å². The van der Waals surface area contributed by atoms with E-state index in [-0.39, 0.29) is 23.8 Å². The van der Waals surface area contributed by atoms with Gasteiger partial charge in [-0.1, -0.05) is 13.8 Å². The fourth-order valence-electron chi connectivity index (χ4n) is 3.06. The molecule has 1 aromatic rings. The first-order chi connectivity index (χ1) is 17.4. The molecule has 0 fully saturated rings. The number of primary amides is 1. The Hall–Kier alpha value is -3.27. The number of carbonyl (C=O) groups is 6. The van der Waals surface area contributed by atoms with Gasteiger partial charge in [0.2, 0.25) is 35.4 Å². The van der Waals surface area contributed by atoms with Crippen LogP contribution >= 0.6 is 25.3 Å². The number of imidazole rings is 1. The van der Waals surface area contributed by atoms with E-state index in [9.17, 15) is 28.8 Å². The Morgan fingerprint density at radius 2 is 1.54 bits per heavy atom. The van der Waals surface area contributed by atoms with E-state index in [1.165, 1.54) is 19.4 Å². The highest BCUT2D eigenvalue weighted by Gasteiger charge is 2.29. The molecule has 6 amide bonds. The Kier molecular flexibility index (Phi) is 13.5. The lowest BCUT2D eigenvalue weighted by Gasteiger charge is -2.25. The van der Waals surface area contributed by atoms with Crippen molar-refractivity contribution >= 4 is 60.7 Å². The molecule has 0 aromatic carbocycles. The van der Waals surface area contributed by atoms with E-state index in [1.54, 1.807) is 13.8 Å². The van der Waals surface area contributed by atoms with Gasteiger partial charge in [-0.05, 0) is 5.92 Å². The number of thiol groups is 2. The minimum absolute atomic E-state index is 0.0164. The van der Waals surface area contributed by atoms with Crippen LogP contribution < -0.4 is 32.3 Å². The van der Waals surface area contributed by atoms with Crippen LogP contribution in [0.1, 0.15) is 26.5 Å². The zero-order valence-corrected chi connectivity index (χ0v) is 22.5. The largest absolute Gasteiger partial charge is 0.368 e. The molecule has 0 unspecified atom stereocenters. The molecule has 0 saturated heterocycles. The molecule has 0 radical (unpaired) electrons. The second kappa shape index (κ2) is 15.8. The average molecular weight is 559 g/mol. The van der Waals surface area contributed by atoms with Gasteiger partial charge in [0.1, 0.15) is 24.2 Å². The molecule has 206 valence electrons. The lowest BCUT2D eigenvalue weighted by Crippen LogP contribution is -2.57. The maximum atomic E-state index is 12.7. The standard InChI is InChI=1S/C21H34N8O6S2/c1-10(2)17(29-20(34)15(8-37)26-11(3)30)21(35)24-6-16(31)27-13(4-12-5-23-9-25-12)19(33)28-14(7-36)18(22)32/h5,9-10,13-15,17,36-37H,4,6-8H2,1-3H3,(H2,22,32)(H,23,25)(H,24,35)(H,26,30)(H,27,31)(H,28,33)(H,29,34)/t13-,14-,15-,17-/m0/s1. The zero-order chi connectivity index (χ0) is 28.1. The van der Waals surface area contributed by atoms with Gasteiger partial charge in [0, 0.05) is 36.7 Å². The molecule has 0 bridgehead atoms. The van der Waals surface area contributed by atoms with Crippen molar-refractivity contribution in [2.24, 2.45) is 11.7 Å². The minimum Gasteiger partial charge on any atom is -0.368 e. The van der Waals surface area contributed by atoms with Crippen molar-refractivity contribution in [3.63, 3.8) is 0 Å². The van der Waals surface area contributed by atoms with Gasteiger partial charge < -0.3 is 37.3 Å². The summed E-state index contributed by atoms with van der Waals surface area (Å²) in [5.41, 5.74) is 5.78. The Bertz CT molecular complexity index is 959. The second-order valence-corrected chi connectivity index (χ2v) is 9.16. The molecule has 0 aliphatic carbocycles. The Balaban J connectivity index is 2.82. The first-order valence-corrected chi connectivity index (χ1v) is 12.6. The van der Waals surface area contributed by atoms with Crippen molar-refractivity contribution in [1.29, 1.82) is 0 Å². The van der Waals surface area contributed by atoms with Crippen LogP contribution in [0.15, 0.2) is 12.5 Å². The molecule has 0 spiro atoms. The first kappa shape index (κ1) is 31.8. The fraction of sp³-hybridized carbons (Fsp3) is 0.571. The van der Waals surface area contributed by atoms with Crippen LogP contribution in [0, 0.1) is 5.92 Å². The Morgan fingerprint density at radius 3 is 2.03 bits per heavy atom. The van der Waals surface area contributed by atoms with Crippen molar-refractivity contribution in [2.45, 2.75) is 51.4 Å². The van der Waals surface area contributed by atoms with E-state index in [0.717, 1.165) is 0 Å². The number of nitrogens with one attached hydrogen (secondary N) is 6. The van der Waals surface area contributed by atoms with Crippen molar-refractivity contribution in [3.8, 4) is 0 Å². The SMILES string of the molecule is CC(=O)N[C@@H](CS)C(=O)N[C@H](C(=O)NCC(=O)N[C@@H](Cc1cnc[nH]1)C(=O)N[C@@H](CS)C(N)=O)C(C)C. The number of nitrogens with zero attached hydrogens (tertiary/aromatic N) is 1. The fourth-order valence-corrected chi connectivity index (χ4v) is 3.58. The van der Waals surface area contributed by atoms with Crippen molar-refractivity contribution in [2.75, 3.05) is 18.1 Å². The maximum absolute atomic E-state index is 12.7. The lowest BCUT2D eigenvalue weighted by atomic mass is 10.0. The van der Waals surface area contributed by atoms with Crippen molar-refractivity contribution < 1.29 is 28.8 Å². The predicted molar refractivity (Wildman–Crippen MR) is 140 cm³/mol. The van der Waals surface area contributed by atoms with Crippen LogP contribution in [-0.4, -0.2) is 87.6 Å². The van der Waals surface area contributed by atoms with Gasteiger partial charge in [0.05, 0.1) is 12.9 Å². The van der Waals surface area contributed by atoms with Gasteiger partial charge in [-0.3, -0.25) is 28.8 Å². The molecule has 16 heteroatoms. The Morgan fingerprint density at radius 1 is 0.919 bits per heavy atom. The zero-order valence-electron chi connectivity index (χ0n) is 20.7. The molecule has 0 saturated carbocycles. The monoisotopic (exact) mass is 558 g/mol. The van der Waals surface area contributed by atoms with Crippen molar-refractivity contribution in [3.05, 3.63) is 18.2 Å². The highest BCUT2D eigenvalue weighted by molar-refractivity contribution is 7.80. The number of carbonyl (C=O) groups excluding carboxylic acids is 6. The van der Waals surface area contributed by atoms with Crippen LogP contribution in [-0.2, 0) is 35.2 Å². The smallest absolute Gasteiger partial charge is 0.244 e. The summed E-state index contributed by atoms with van der Waals surface area (Å²) < 4.78 is 0. The summed E-state index contributed by atoms with van der Waals surface area (Å²) in [4.78, 5) is 80.0. The van der Waals surface area contributed by atoms with Crippen LogP contribution in [0.2, 0.25) is 0 Å². The third-order valence-electron chi connectivity index (χ3n) is 5.02. The summed E-state index contributed by atoms with van der Waals surface area (Å²) in [5, 5.41) is 12.3. The third kappa shape index (κ3) is 11.1. The summed E-state index contributed by atoms with van der Waals surface area (Å²) in [7, 11) is 0. The maximum Gasteiger partial charge on any atom is 0.244 e. The van der Waals surface area contributed by atoms with E-state index >= 15 is 0 Å². The van der Waals surface area contributed by atoms with Crippen LogP contribution in [0.25, 0.3) is 0 Å². The van der Waals surface area contributed by atoms with Crippen LogP contribution in [0.3, 0.4) is 0 Å². The molecule has 4 atom stereocenters. The van der Waals surface area contributed by atoms with Crippen molar-refractivity contribution in [1.82, 2.24) is 36.6 Å². The lowest BCUT2D eigenvalue weighted by molar-refractivity contribution is -0.133. The normalized spacial score (nSPS) is 14.0. The van der Waals surface area contributed by atoms with Gasteiger partial charge >= 0.3 is 0 Å². The highest BCUT2D eigenvalue weighted by Crippen LogP contribution is 2.04. The van der Waals surface area contributed by atoms with Gasteiger partial charge in [-0.25, -0.2) is 4.98 Å². The number of H-pyrrole nitrogens is 1. The van der Waals surface area contributed by atoms with Gasteiger partial charge in [-0.2, -0.15) is 25.3 Å².